The molecule has 3 aliphatic heterocycles. The molecule has 1 aromatic carbocycles. The molecule has 1 spiro atoms. The highest BCUT2D eigenvalue weighted by Crippen LogP contribution is 2.37. The summed E-state index contributed by atoms with van der Waals surface area (Å²) in [4.78, 5) is 31.5. The molecule has 0 unspecified atom stereocenters. The lowest BCUT2D eigenvalue weighted by molar-refractivity contribution is -0.166. The summed E-state index contributed by atoms with van der Waals surface area (Å²) >= 11 is 0. The highest BCUT2D eigenvalue weighted by atomic mass is 35.5. The molecule has 0 radical (unpaired) electrons. The van der Waals surface area contributed by atoms with Gasteiger partial charge in [-0.3, -0.25) is 14.5 Å². The molecule has 2 saturated heterocycles. The minimum Gasteiger partial charge on any atom is -0.486 e. The molecule has 3 atom stereocenters. The molecule has 1 saturated carbocycles. The van der Waals surface area contributed by atoms with Gasteiger partial charge in [-0.15, -0.1) is 12.4 Å². The fraction of sp³-hybridized carbons (Fsp3) is 0.714. The number of hydrogen-bond acceptors (Lipinski definition) is 6. The number of fused-ring (bicyclic) bond motifs is 1. The Labute approximate surface area is 226 Å². The van der Waals surface area contributed by atoms with Crippen LogP contribution in [0.25, 0.3) is 0 Å². The van der Waals surface area contributed by atoms with E-state index in [1.165, 1.54) is 6.42 Å². The van der Waals surface area contributed by atoms with E-state index in [0.29, 0.717) is 39.1 Å². The van der Waals surface area contributed by atoms with Crippen molar-refractivity contribution >= 4 is 24.2 Å². The number of hydrogen-bond donors (Lipinski definition) is 2. The van der Waals surface area contributed by atoms with E-state index in [0.717, 1.165) is 56.6 Å². The van der Waals surface area contributed by atoms with Crippen molar-refractivity contribution in [2.24, 2.45) is 5.92 Å². The molecular weight excluding hydrogens is 494 g/mol. The van der Waals surface area contributed by atoms with Crippen LogP contribution < -0.4 is 14.8 Å². The van der Waals surface area contributed by atoms with Crippen LogP contribution in [0.15, 0.2) is 24.3 Å². The van der Waals surface area contributed by atoms with Crippen LogP contribution >= 0.6 is 12.4 Å². The van der Waals surface area contributed by atoms with Gasteiger partial charge in [-0.05, 0) is 50.2 Å². The third-order valence-electron chi connectivity index (χ3n) is 8.68. The summed E-state index contributed by atoms with van der Waals surface area (Å²) in [6.07, 6.45) is 7.29. The van der Waals surface area contributed by atoms with Gasteiger partial charge in [0.25, 0.3) is 0 Å². The van der Waals surface area contributed by atoms with Crippen molar-refractivity contribution < 1.29 is 24.2 Å². The fourth-order valence-electron chi connectivity index (χ4n) is 6.50. The summed E-state index contributed by atoms with van der Waals surface area (Å²) in [6.45, 7) is 5.30. The molecule has 206 valence electrons. The van der Waals surface area contributed by atoms with Crippen LogP contribution in [0.3, 0.4) is 0 Å². The Morgan fingerprint density at radius 3 is 2.51 bits per heavy atom. The number of unbranched alkanes of at least 4 members (excludes halogenated alkanes) is 1. The van der Waals surface area contributed by atoms with Crippen molar-refractivity contribution in [2.45, 2.75) is 88.5 Å². The maximum atomic E-state index is 13.8. The second-order valence-electron chi connectivity index (χ2n) is 11.0. The predicted molar refractivity (Wildman–Crippen MR) is 143 cm³/mol. The number of aliphatic hydroxyl groups excluding tert-OH is 1. The van der Waals surface area contributed by atoms with Crippen molar-refractivity contribution in [3.8, 4) is 11.5 Å². The van der Waals surface area contributed by atoms with Crippen LogP contribution in [-0.2, 0) is 9.59 Å². The summed E-state index contributed by atoms with van der Waals surface area (Å²) in [5, 5.41) is 14.1. The van der Waals surface area contributed by atoms with E-state index in [4.69, 9.17) is 9.47 Å². The first kappa shape index (κ1) is 28.0. The average molecular weight is 536 g/mol. The number of rotatable bonds is 7. The van der Waals surface area contributed by atoms with E-state index in [-0.39, 0.29) is 36.2 Å². The van der Waals surface area contributed by atoms with Gasteiger partial charge < -0.3 is 24.8 Å². The lowest BCUT2D eigenvalue weighted by atomic mass is 9.78. The molecule has 1 aliphatic carbocycles. The lowest BCUT2D eigenvalue weighted by Crippen LogP contribution is -2.75. The number of piperidine rings is 1. The Morgan fingerprint density at radius 1 is 1.11 bits per heavy atom. The lowest BCUT2D eigenvalue weighted by Gasteiger charge is -2.53. The summed E-state index contributed by atoms with van der Waals surface area (Å²) in [7, 11) is 0. The zero-order valence-electron chi connectivity index (χ0n) is 21.9. The summed E-state index contributed by atoms with van der Waals surface area (Å²) < 4.78 is 12.0. The van der Waals surface area contributed by atoms with Crippen LogP contribution in [0.2, 0.25) is 0 Å². The minimum absolute atomic E-state index is 0. The smallest absolute Gasteiger partial charge is 0.248 e. The Balaban J connectivity index is 0.00000320. The van der Waals surface area contributed by atoms with Crippen molar-refractivity contribution in [2.75, 3.05) is 32.8 Å². The molecule has 3 heterocycles. The maximum Gasteiger partial charge on any atom is 0.248 e. The van der Waals surface area contributed by atoms with Gasteiger partial charge in [-0.1, -0.05) is 44.7 Å². The third kappa shape index (κ3) is 5.71. The molecule has 1 aromatic rings. The molecule has 5 rings (SSSR count). The quantitative estimate of drug-likeness (QED) is 0.557. The number of piperazine rings is 1. The van der Waals surface area contributed by atoms with Crippen molar-refractivity contribution in [1.82, 2.24) is 15.1 Å². The number of amides is 2. The molecule has 4 aliphatic rings. The normalized spacial score (nSPS) is 26.9. The van der Waals surface area contributed by atoms with Crippen molar-refractivity contribution in [1.29, 1.82) is 0 Å². The average Bonchev–Trinajstić information content (AvgIpc) is 2.92. The molecule has 0 bridgehead atoms. The van der Waals surface area contributed by atoms with Gasteiger partial charge in [-0.2, -0.15) is 0 Å². The summed E-state index contributed by atoms with van der Waals surface area (Å²) in [6, 6.07) is 6.89. The van der Waals surface area contributed by atoms with Crippen LogP contribution in [0.5, 0.6) is 11.5 Å². The van der Waals surface area contributed by atoms with Crippen molar-refractivity contribution in [3.05, 3.63) is 24.3 Å². The Bertz CT molecular complexity index is 932. The Morgan fingerprint density at radius 2 is 1.81 bits per heavy atom. The number of halogens is 1. The predicted octanol–water partition coefficient (Wildman–Crippen LogP) is 3.15. The van der Waals surface area contributed by atoms with E-state index in [1.807, 2.05) is 29.2 Å². The van der Waals surface area contributed by atoms with Gasteiger partial charge in [0.1, 0.15) is 24.3 Å². The van der Waals surface area contributed by atoms with E-state index in [2.05, 4.69) is 17.1 Å². The topological polar surface area (TPSA) is 91.3 Å². The maximum absolute atomic E-state index is 13.8. The molecule has 2 amide bonds. The number of benzene rings is 1. The van der Waals surface area contributed by atoms with Crippen molar-refractivity contribution in [3.63, 3.8) is 0 Å². The molecule has 8 nitrogen and oxygen atoms in total. The van der Waals surface area contributed by atoms with Gasteiger partial charge in [-0.25, -0.2) is 0 Å². The molecular formula is C28H42ClN3O5. The number of nitrogens with one attached hydrogen (secondary N) is 1. The van der Waals surface area contributed by atoms with Gasteiger partial charge in [0.2, 0.25) is 11.8 Å². The molecule has 2 N–H and O–H groups in total. The van der Waals surface area contributed by atoms with E-state index < -0.39 is 17.7 Å². The summed E-state index contributed by atoms with van der Waals surface area (Å²) in [5.74, 6) is 1.44. The Hall–Kier alpha value is -2.03. The monoisotopic (exact) mass is 535 g/mol. The first-order valence-electron chi connectivity index (χ1n) is 13.9. The van der Waals surface area contributed by atoms with E-state index in [1.54, 1.807) is 0 Å². The number of carbonyl (C=O) groups excluding carboxylic acids is 2. The number of nitrogens with zero attached hydrogens (tertiary/aromatic N) is 2. The molecule has 3 fully saturated rings. The van der Waals surface area contributed by atoms with Crippen LogP contribution in [0.4, 0.5) is 0 Å². The number of ether oxygens (including phenoxy) is 2. The number of likely N-dealkylation sites (tertiary alicyclic amines) is 1. The number of carbonyl (C=O) groups is 2. The van der Waals surface area contributed by atoms with E-state index >= 15 is 0 Å². The van der Waals surface area contributed by atoms with Gasteiger partial charge in [0.05, 0.1) is 6.10 Å². The van der Waals surface area contributed by atoms with Crippen LogP contribution in [0.1, 0.15) is 64.7 Å². The number of aliphatic hydroxyl groups is 1. The van der Waals surface area contributed by atoms with E-state index in [9.17, 15) is 14.7 Å². The number of para-hydroxylation sites is 2. The zero-order chi connectivity index (χ0) is 25.1. The second-order valence-corrected chi connectivity index (χ2v) is 11.0. The molecule has 0 aromatic heterocycles. The first-order chi connectivity index (χ1) is 17.5. The molecule has 9 heteroatoms. The van der Waals surface area contributed by atoms with Crippen LogP contribution in [0, 0.1) is 5.92 Å². The van der Waals surface area contributed by atoms with Crippen LogP contribution in [-0.4, -0.2) is 83.3 Å². The zero-order valence-corrected chi connectivity index (χ0v) is 22.7. The fourth-order valence-corrected chi connectivity index (χ4v) is 6.50. The SMILES string of the molecule is CCCCN1C(=O)[C@@H]([C@H](O)C2CCCCC2)NC(=O)C12CCN(C[C@@H]1COc3ccccc3O1)CC2.Cl. The molecule has 37 heavy (non-hydrogen) atoms. The first-order valence-corrected chi connectivity index (χ1v) is 13.9. The highest BCUT2D eigenvalue weighted by Gasteiger charge is 2.55. The largest absolute Gasteiger partial charge is 0.486 e. The highest BCUT2D eigenvalue weighted by molar-refractivity contribution is 6.00. The third-order valence-corrected chi connectivity index (χ3v) is 8.68. The minimum atomic E-state index is -0.831. The van der Waals surface area contributed by atoms with Gasteiger partial charge >= 0.3 is 0 Å². The second kappa shape index (κ2) is 12.2. The standard InChI is InChI=1S/C28H41N3O5.ClH/c1-2-3-15-31-26(33)24(25(32)20-9-5-4-6-10-20)29-27(34)28(31)13-16-30(17-14-28)18-21-19-35-22-11-7-8-12-23(22)36-21;/h7-8,11-12,20-21,24-25,32H,2-6,9-10,13-19H2,1H3,(H,29,34);1H/t21-,24-,25-;/m1./s1. The Kier molecular flexibility index (Phi) is 9.24. The van der Waals surface area contributed by atoms with Gasteiger partial charge in [0.15, 0.2) is 11.5 Å². The van der Waals surface area contributed by atoms with Gasteiger partial charge in [0, 0.05) is 26.2 Å². The summed E-state index contributed by atoms with van der Waals surface area (Å²) in [5.41, 5.74) is -0.831.